The summed E-state index contributed by atoms with van der Waals surface area (Å²) in [6.45, 7) is 0. The molecule has 1 aliphatic carbocycles. The molecule has 1 fully saturated rings. The first kappa shape index (κ1) is 8.96. The van der Waals surface area contributed by atoms with E-state index in [4.69, 9.17) is 5.73 Å². The van der Waals surface area contributed by atoms with E-state index < -0.39 is 0 Å². The summed E-state index contributed by atoms with van der Waals surface area (Å²) < 4.78 is 2.31. The summed E-state index contributed by atoms with van der Waals surface area (Å²) in [7, 11) is 0. The van der Waals surface area contributed by atoms with Gasteiger partial charge in [0, 0.05) is 0 Å². The number of fused-ring (bicyclic) bond motifs is 1. The smallest absolute Gasteiger partial charge is 0.256 e. The van der Waals surface area contributed by atoms with Crippen LogP contribution in [0, 0.1) is 0 Å². The van der Waals surface area contributed by atoms with Crippen molar-refractivity contribution in [2.75, 3.05) is 5.73 Å². The Hall–Kier alpha value is -1.30. The van der Waals surface area contributed by atoms with Crippen molar-refractivity contribution in [2.24, 2.45) is 0 Å². The number of nitrogen functional groups attached to an aromatic ring is 1. The van der Waals surface area contributed by atoms with Crippen molar-refractivity contribution >= 4 is 27.4 Å². The molecule has 2 heterocycles. The van der Waals surface area contributed by atoms with Crippen molar-refractivity contribution in [1.29, 1.82) is 0 Å². The van der Waals surface area contributed by atoms with Crippen LogP contribution in [0.4, 0.5) is 5.82 Å². The van der Waals surface area contributed by atoms with E-state index in [0.717, 1.165) is 17.3 Å². The minimum Gasteiger partial charge on any atom is -0.383 e. The van der Waals surface area contributed by atoms with Gasteiger partial charge in [-0.25, -0.2) is 0 Å². The number of nitrogens with two attached hydrogens (primary N) is 1. The molecule has 5 nitrogen and oxygen atoms in total. The fourth-order valence-corrected chi connectivity index (χ4v) is 2.15. The van der Waals surface area contributed by atoms with Crippen LogP contribution in [-0.2, 0) is 0 Å². The normalized spacial score (nSPS) is 16.1. The molecule has 3 N–H and O–H groups in total. The van der Waals surface area contributed by atoms with Crippen molar-refractivity contribution in [2.45, 2.75) is 18.8 Å². The third-order valence-corrected chi connectivity index (χ3v) is 3.27. The Labute approximate surface area is 93.4 Å². The number of H-pyrrole nitrogens is 1. The number of hydrogen-bond donors (Lipinski definition) is 2. The molecule has 6 heteroatoms. The number of hydrogen-bond acceptors (Lipinski definition) is 3. The molecule has 15 heavy (non-hydrogen) atoms. The van der Waals surface area contributed by atoms with Crippen molar-refractivity contribution in [3.05, 3.63) is 26.6 Å². The van der Waals surface area contributed by atoms with E-state index in [2.05, 4.69) is 26.0 Å². The van der Waals surface area contributed by atoms with Gasteiger partial charge in [-0.1, -0.05) is 0 Å². The Morgan fingerprint density at radius 2 is 2.33 bits per heavy atom. The molecule has 0 spiro atoms. The van der Waals surface area contributed by atoms with Gasteiger partial charge < -0.3 is 10.7 Å². The molecule has 1 saturated carbocycles. The van der Waals surface area contributed by atoms with Gasteiger partial charge >= 0.3 is 0 Å². The van der Waals surface area contributed by atoms with E-state index in [0.29, 0.717) is 22.9 Å². The summed E-state index contributed by atoms with van der Waals surface area (Å²) in [4.78, 5) is 14.6. The lowest BCUT2D eigenvalue weighted by atomic mass is 10.2. The predicted molar refractivity (Wildman–Crippen MR) is 59.9 cm³/mol. The van der Waals surface area contributed by atoms with E-state index >= 15 is 0 Å². The van der Waals surface area contributed by atoms with Gasteiger partial charge in [-0.15, -0.1) is 0 Å². The van der Waals surface area contributed by atoms with Crippen molar-refractivity contribution < 1.29 is 0 Å². The Balaban J connectivity index is 2.42. The first-order valence-electron chi connectivity index (χ1n) is 4.73. The molecule has 0 amide bonds. The first-order chi connectivity index (χ1) is 7.18. The topological polar surface area (TPSA) is 76.2 Å². The van der Waals surface area contributed by atoms with Gasteiger partial charge in [0.25, 0.3) is 5.56 Å². The molecule has 0 radical (unpaired) electrons. The monoisotopic (exact) mass is 268 g/mol. The van der Waals surface area contributed by atoms with E-state index in [9.17, 15) is 4.79 Å². The maximum Gasteiger partial charge on any atom is 0.256 e. The van der Waals surface area contributed by atoms with Crippen molar-refractivity contribution in [1.82, 2.24) is 14.6 Å². The lowest BCUT2D eigenvalue weighted by Crippen LogP contribution is -2.18. The molecule has 0 bridgehead atoms. The summed E-state index contributed by atoms with van der Waals surface area (Å²) in [6, 6.07) is 0. The number of aromatic amines is 1. The van der Waals surface area contributed by atoms with Crippen LogP contribution in [-0.4, -0.2) is 14.6 Å². The molecule has 78 valence electrons. The number of aromatic nitrogens is 3. The summed E-state index contributed by atoms with van der Waals surface area (Å²) >= 11 is 3.30. The van der Waals surface area contributed by atoms with E-state index in [-0.39, 0.29) is 5.56 Å². The molecule has 3 rings (SSSR count). The molecular weight excluding hydrogens is 260 g/mol. The molecule has 0 atom stereocenters. The van der Waals surface area contributed by atoms with Crippen LogP contribution in [0.1, 0.15) is 24.3 Å². The van der Waals surface area contributed by atoms with Crippen LogP contribution in [0.15, 0.2) is 15.5 Å². The Morgan fingerprint density at radius 3 is 3.00 bits per heavy atom. The molecular formula is C9H9BrN4O. The van der Waals surface area contributed by atoms with Gasteiger partial charge in [0.05, 0.1) is 16.2 Å². The maximum atomic E-state index is 11.8. The third-order valence-electron chi connectivity index (χ3n) is 2.69. The minimum atomic E-state index is -0.0938. The highest BCUT2D eigenvalue weighted by atomic mass is 79.9. The quantitative estimate of drug-likeness (QED) is 0.817. The van der Waals surface area contributed by atoms with Gasteiger partial charge in [-0.05, 0) is 34.7 Å². The minimum absolute atomic E-state index is 0.0938. The Kier molecular flexibility index (Phi) is 1.70. The predicted octanol–water partition coefficient (Wildman–Crippen LogP) is 1.24. The highest BCUT2D eigenvalue weighted by Gasteiger charge is 2.30. The second-order valence-corrected chi connectivity index (χ2v) is 4.63. The molecule has 0 unspecified atom stereocenters. The average molecular weight is 269 g/mol. The van der Waals surface area contributed by atoms with E-state index in [1.165, 1.54) is 0 Å². The zero-order valence-electron chi connectivity index (χ0n) is 7.83. The van der Waals surface area contributed by atoms with Crippen molar-refractivity contribution in [3.8, 4) is 0 Å². The largest absolute Gasteiger partial charge is 0.383 e. The van der Waals surface area contributed by atoms with Gasteiger partial charge in [0.15, 0.2) is 5.65 Å². The van der Waals surface area contributed by atoms with Gasteiger partial charge in [0.1, 0.15) is 5.82 Å². The fraction of sp³-hybridized carbons (Fsp3) is 0.333. The van der Waals surface area contributed by atoms with Crippen LogP contribution in [0.5, 0.6) is 0 Å². The van der Waals surface area contributed by atoms with Crippen LogP contribution in [0.2, 0.25) is 0 Å². The van der Waals surface area contributed by atoms with Gasteiger partial charge in [0.2, 0.25) is 0 Å². The average Bonchev–Trinajstić information content (AvgIpc) is 2.94. The zero-order chi connectivity index (χ0) is 10.6. The van der Waals surface area contributed by atoms with Crippen molar-refractivity contribution in [3.63, 3.8) is 0 Å². The summed E-state index contributed by atoms with van der Waals surface area (Å²) in [5, 5.41) is 4.10. The molecule has 0 aromatic carbocycles. The number of nitrogens with zero attached hydrogens (tertiary/aromatic N) is 2. The van der Waals surface area contributed by atoms with Crippen LogP contribution in [0.3, 0.4) is 0 Å². The zero-order valence-corrected chi connectivity index (χ0v) is 9.41. The van der Waals surface area contributed by atoms with E-state index in [1.54, 1.807) is 10.7 Å². The molecule has 0 aliphatic heterocycles. The van der Waals surface area contributed by atoms with Gasteiger partial charge in [-0.2, -0.15) is 9.61 Å². The number of rotatable bonds is 1. The Bertz CT molecular complexity index is 596. The second kappa shape index (κ2) is 2.85. The number of nitrogens with one attached hydrogen (secondary N) is 1. The van der Waals surface area contributed by atoms with Crippen LogP contribution >= 0.6 is 15.9 Å². The SMILES string of the molecule is Nc1c(C2CC2)c(=O)[nH]c2c(Br)cnn12. The fourth-order valence-electron chi connectivity index (χ4n) is 1.80. The first-order valence-corrected chi connectivity index (χ1v) is 5.52. The Morgan fingerprint density at radius 1 is 1.60 bits per heavy atom. The maximum absolute atomic E-state index is 11.8. The lowest BCUT2D eigenvalue weighted by molar-refractivity contribution is 0.907. The standard InChI is InChI=1S/C9H9BrN4O/c10-5-3-12-14-7(11)6(4-1-2-4)9(15)13-8(5)14/h3-4H,1-2,11H2,(H,13,15). The van der Waals surface area contributed by atoms with E-state index in [1.807, 2.05) is 0 Å². The third kappa shape index (κ3) is 1.21. The van der Waals surface area contributed by atoms with Gasteiger partial charge in [-0.3, -0.25) is 4.79 Å². The summed E-state index contributed by atoms with van der Waals surface area (Å²) in [5.74, 6) is 0.781. The van der Waals surface area contributed by atoms with Crippen LogP contribution < -0.4 is 11.3 Å². The molecule has 0 saturated heterocycles. The lowest BCUT2D eigenvalue weighted by Gasteiger charge is -2.04. The summed E-state index contributed by atoms with van der Waals surface area (Å²) in [5.41, 5.74) is 7.13. The van der Waals surface area contributed by atoms with Crippen LogP contribution in [0.25, 0.3) is 5.65 Å². The number of halogens is 1. The number of anilines is 1. The molecule has 1 aliphatic rings. The summed E-state index contributed by atoms with van der Waals surface area (Å²) in [6.07, 6.45) is 3.71. The second-order valence-electron chi connectivity index (χ2n) is 3.78. The highest BCUT2D eigenvalue weighted by molar-refractivity contribution is 9.10. The molecule has 2 aromatic heterocycles. The highest BCUT2D eigenvalue weighted by Crippen LogP contribution is 2.40. The molecule has 2 aromatic rings.